The number of esters is 1. The van der Waals surface area contributed by atoms with Crippen LogP contribution in [0, 0.1) is 35.5 Å². The molecule has 150 valence electrons. The van der Waals surface area contributed by atoms with Crippen LogP contribution in [0.3, 0.4) is 0 Å². The second-order valence-electron chi connectivity index (χ2n) is 8.32. The third-order valence-corrected chi connectivity index (χ3v) is 7.35. The molecular weight excluding hydrogens is 438 g/mol. The Labute approximate surface area is 176 Å². The average molecular weight is 458 g/mol. The number of amides is 2. The van der Waals surface area contributed by atoms with E-state index in [-0.39, 0.29) is 60.8 Å². The van der Waals surface area contributed by atoms with Gasteiger partial charge in [-0.3, -0.25) is 24.1 Å². The number of carbonyl (C=O) groups excluding carboxylic acids is 4. The number of allylic oxidation sites excluding steroid dienone is 2. The minimum absolute atomic E-state index is 0.0186. The molecule has 0 unspecified atom stereocenters. The van der Waals surface area contributed by atoms with Gasteiger partial charge < -0.3 is 4.74 Å². The minimum Gasteiger partial charge on any atom is -0.457 e. The molecular formula is C22H20BrNO5. The maximum absolute atomic E-state index is 12.9. The summed E-state index contributed by atoms with van der Waals surface area (Å²) in [5.74, 6) is -0.240. The summed E-state index contributed by atoms with van der Waals surface area (Å²) < 4.78 is 5.91. The van der Waals surface area contributed by atoms with Crippen molar-refractivity contribution < 1.29 is 23.9 Å². The SMILES string of the molecule is O=C(CCN1C(=O)[C@@H]2[C@@H]3C=C[C@H]([C@H]4C[C@H]34)[C@@H]2C1=O)OCC(=O)c1ccc(Br)cc1. The Morgan fingerprint density at radius 3 is 2.17 bits per heavy atom. The van der Waals surface area contributed by atoms with Gasteiger partial charge in [0.05, 0.1) is 18.3 Å². The predicted octanol–water partition coefficient (Wildman–Crippen LogP) is 2.62. The third-order valence-electron chi connectivity index (χ3n) is 6.82. The lowest BCUT2D eigenvalue weighted by Crippen LogP contribution is -2.40. The van der Waals surface area contributed by atoms with Gasteiger partial charge in [-0.15, -0.1) is 0 Å². The van der Waals surface area contributed by atoms with E-state index in [2.05, 4.69) is 28.1 Å². The Kier molecular flexibility index (Phi) is 4.46. The molecule has 0 radical (unpaired) electrons. The zero-order valence-electron chi connectivity index (χ0n) is 15.6. The van der Waals surface area contributed by atoms with Crippen molar-refractivity contribution in [2.45, 2.75) is 12.8 Å². The molecule has 7 heteroatoms. The first-order valence-electron chi connectivity index (χ1n) is 9.93. The van der Waals surface area contributed by atoms with Crippen LogP contribution in [0.2, 0.25) is 0 Å². The van der Waals surface area contributed by atoms with Crippen molar-refractivity contribution in [2.75, 3.05) is 13.2 Å². The average Bonchev–Trinajstić information content (AvgIpc) is 3.50. The Balaban J connectivity index is 1.15. The van der Waals surface area contributed by atoms with E-state index in [1.54, 1.807) is 24.3 Å². The van der Waals surface area contributed by atoms with Crippen LogP contribution in [0.1, 0.15) is 23.2 Å². The normalized spacial score (nSPS) is 33.5. The van der Waals surface area contributed by atoms with Gasteiger partial charge in [0.25, 0.3) is 0 Å². The molecule has 5 aliphatic rings. The van der Waals surface area contributed by atoms with Crippen LogP contribution in [0.25, 0.3) is 0 Å². The smallest absolute Gasteiger partial charge is 0.308 e. The van der Waals surface area contributed by atoms with Gasteiger partial charge in [0, 0.05) is 16.6 Å². The van der Waals surface area contributed by atoms with Crippen molar-refractivity contribution in [2.24, 2.45) is 35.5 Å². The monoisotopic (exact) mass is 457 g/mol. The Morgan fingerprint density at radius 1 is 1.00 bits per heavy atom. The van der Waals surface area contributed by atoms with Crippen LogP contribution < -0.4 is 0 Å². The summed E-state index contributed by atoms with van der Waals surface area (Å²) in [5, 5.41) is 0. The number of imide groups is 1. The molecule has 1 aliphatic heterocycles. The number of carbonyl (C=O) groups is 4. The molecule has 0 aromatic heterocycles. The van der Waals surface area contributed by atoms with Gasteiger partial charge in [0.15, 0.2) is 12.4 Å². The molecule has 0 N–H and O–H groups in total. The van der Waals surface area contributed by atoms with Gasteiger partial charge in [0.2, 0.25) is 11.8 Å². The van der Waals surface area contributed by atoms with E-state index in [1.807, 2.05) is 0 Å². The summed E-state index contributed by atoms with van der Waals surface area (Å²) >= 11 is 3.30. The number of rotatable bonds is 6. The van der Waals surface area contributed by atoms with Crippen LogP contribution >= 0.6 is 15.9 Å². The van der Waals surface area contributed by atoms with Crippen LogP contribution in [0.4, 0.5) is 0 Å². The van der Waals surface area contributed by atoms with E-state index < -0.39 is 5.97 Å². The number of ketones is 1. The third kappa shape index (κ3) is 3.06. The molecule has 1 aromatic carbocycles. The topological polar surface area (TPSA) is 80.8 Å². The summed E-state index contributed by atoms with van der Waals surface area (Å²) in [7, 11) is 0. The summed E-state index contributed by atoms with van der Waals surface area (Å²) in [6, 6.07) is 6.78. The van der Waals surface area contributed by atoms with Crippen molar-refractivity contribution in [3.05, 3.63) is 46.5 Å². The molecule has 29 heavy (non-hydrogen) atoms. The predicted molar refractivity (Wildman–Crippen MR) is 105 cm³/mol. The van der Waals surface area contributed by atoms with Crippen molar-refractivity contribution in [1.82, 2.24) is 4.90 Å². The van der Waals surface area contributed by atoms with E-state index in [1.165, 1.54) is 4.90 Å². The van der Waals surface area contributed by atoms with Gasteiger partial charge in [-0.2, -0.15) is 0 Å². The molecule has 2 bridgehead atoms. The van der Waals surface area contributed by atoms with Gasteiger partial charge in [-0.05, 0) is 42.2 Å². The first-order chi connectivity index (χ1) is 14.0. The first-order valence-corrected chi connectivity index (χ1v) is 10.7. The number of halogens is 1. The Hall–Kier alpha value is -2.28. The molecule has 6 nitrogen and oxygen atoms in total. The molecule has 3 fully saturated rings. The number of benzene rings is 1. The number of hydrogen-bond donors (Lipinski definition) is 0. The fourth-order valence-corrected chi connectivity index (χ4v) is 5.64. The molecule has 0 spiro atoms. The lowest BCUT2D eigenvalue weighted by Gasteiger charge is -2.37. The van der Waals surface area contributed by atoms with Crippen molar-refractivity contribution in [1.29, 1.82) is 0 Å². The zero-order valence-corrected chi connectivity index (χ0v) is 17.2. The van der Waals surface area contributed by atoms with Crippen LogP contribution in [0.5, 0.6) is 0 Å². The van der Waals surface area contributed by atoms with Gasteiger partial charge in [-0.1, -0.05) is 40.2 Å². The van der Waals surface area contributed by atoms with Crippen molar-refractivity contribution >= 4 is 39.5 Å². The number of hydrogen-bond acceptors (Lipinski definition) is 5. The molecule has 6 rings (SSSR count). The largest absolute Gasteiger partial charge is 0.457 e. The van der Waals surface area contributed by atoms with Crippen molar-refractivity contribution in [3.63, 3.8) is 0 Å². The fraction of sp³-hybridized carbons (Fsp3) is 0.455. The maximum Gasteiger partial charge on any atom is 0.308 e. The highest BCUT2D eigenvalue weighted by Gasteiger charge is 2.66. The number of nitrogens with zero attached hydrogens (tertiary/aromatic N) is 1. The van der Waals surface area contributed by atoms with Gasteiger partial charge >= 0.3 is 5.97 Å². The zero-order chi connectivity index (χ0) is 20.3. The summed E-state index contributed by atoms with van der Waals surface area (Å²) in [4.78, 5) is 51.1. The van der Waals surface area contributed by atoms with E-state index in [9.17, 15) is 19.2 Å². The van der Waals surface area contributed by atoms with E-state index in [0.29, 0.717) is 17.4 Å². The van der Waals surface area contributed by atoms with Gasteiger partial charge in [0.1, 0.15) is 0 Å². The lowest BCUT2D eigenvalue weighted by atomic mass is 9.63. The molecule has 4 aliphatic carbocycles. The summed E-state index contributed by atoms with van der Waals surface area (Å²) in [6.45, 7) is -0.338. The van der Waals surface area contributed by atoms with E-state index >= 15 is 0 Å². The number of likely N-dealkylation sites (tertiary alicyclic amines) is 1. The molecule has 2 amide bonds. The number of Topliss-reactive ketones (excluding diaryl/α,β-unsaturated/α-hetero) is 1. The highest BCUT2D eigenvalue weighted by Crippen LogP contribution is 2.65. The number of ether oxygens (including phenoxy) is 1. The van der Waals surface area contributed by atoms with Crippen LogP contribution in [-0.4, -0.2) is 41.6 Å². The maximum atomic E-state index is 12.9. The van der Waals surface area contributed by atoms with E-state index in [0.717, 1.165) is 10.9 Å². The second-order valence-corrected chi connectivity index (χ2v) is 9.24. The quantitative estimate of drug-likeness (QED) is 0.284. The molecule has 1 heterocycles. The highest BCUT2D eigenvalue weighted by molar-refractivity contribution is 9.10. The first kappa shape index (κ1) is 18.7. The molecule has 1 aromatic rings. The van der Waals surface area contributed by atoms with Crippen LogP contribution in [-0.2, 0) is 19.1 Å². The standard InChI is InChI=1S/C22H20BrNO5/c23-12-3-1-11(2-4-12)17(25)10-29-18(26)7-8-24-21(27)19-13-5-6-14(16-9-15(13)16)20(19)22(24)28/h1-6,13-16,19-20H,7-10H2/t13-,14-,15-,16-,19-,20+/m1/s1. The Morgan fingerprint density at radius 2 is 1.59 bits per heavy atom. The highest BCUT2D eigenvalue weighted by atomic mass is 79.9. The second kappa shape index (κ2) is 6.90. The molecule has 1 saturated heterocycles. The summed E-state index contributed by atoms with van der Waals surface area (Å²) in [6.07, 6.45) is 5.27. The Bertz CT molecular complexity index is 903. The minimum atomic E-state index is -0.588. The van der Waals surface area contributed by atoms with Crippen LogP contribution in [0.15, 0.2) is 40.9 Å². The summed E-state index contributed by atoms with van der Waals surface area (Å²) in [5.41, 5.74) is 0.455. The van der Waals surface area contributed by atoms with Crippen molar-refractivity contribution in [3.8, 4) is 0 Å². The molecule has 2 saturated carbocycles. The lowest BCUT2D eigenvalue weighted by molar-refractivity contribution is -0.145. The fourth-order valence-electron chi connectivity index (χ4n) is 5.38. The molecule has 6 atom stereocenters. The van der Waals surface area contributed by atoms with Gasteiger partial charge in [-0.25, -0.2) is 0 Å². The van der Waals surface area contributed by atoms with E-state index in [4.69, 9.17) is 4.74 Å².